The van der Waals surface area contributed by atoms with Gasteiger partial charge in [-0.15, -0.1) is 0 Å². The molecule has 0 aromatic heterocycles. The van der Waals surface area contributed by atoms with Crippen molar-refractivity contribution in [2.75, 3.05) is 0 Å². The zero-order chi connectivity index (χ0) is 25.1. The lowest BCUT2D eigenvalue weighted by Gasteiger charge is -3.13. The van der Waals surface area contributed by atoms with Gasteiger partial charge in [-0.1, -0.05) is 104 Å². The van der Waals surface area contributed by atoms with Crippen LogP contribution < -0.4 is 0 Å². The first-order chi connectivity index (χ1) is 15.2. The Kier molecular flexibility index (Phi) is 2.36. The van der Waals surface area contributed by atoms with E-state index in [-0.39, 0.29) is 0 Å². The first-order valence-corrected chi connectivity index (χ1v) is 15.2. The van der Waals surface area contributed by atoms with E-state index in [0.29, 0.717) is 70.4 Å². The summed E-state index contributed by atoms with van der Waals surface area (Å²) in [6, 6.07) is 0. The fourth-order valence-electron chi connectivity index (χ4n) is 22.6. The monoisotopic (exact) mass is 460 g/mol. The molecule has 0 saturated heterocycles. The van der Waals surface area contributed by atoms with E-state index >= 15 is 0 Å². The summed E-state index contributed by atoms with van der Waals surface area (Å²) in [5.41, 5.74) is 5.87. The minimum absolute atomic E-state index is 0.415. The third-order valence-corrected chi connectivity index (χ3v) is 23.0. The Hall–Kier alpha value is 0. The predicted molar refractivity (Wildman–Crippen MR) is 139 cm³/mol. The van der Waals surface area contributed by atoms with Crippen LogP contribution >= 0.6 is 0 Å². The molecule has 9 saturated carbocycles. The van der Waals surface area contributed by atoms with Crippen LogP contribution in [0.3, 0.4) is 0 Å². The summed E-state index contributed by atoms with van der Waals surface area (Å²) < 4.78 is 0. The topological polar surface area (TPSA) is 0 Å². The Bertz CT molecular complexity index is 1230. The molecule has 9 aliphatic rings. The van der Waals surface area contributed by atoms with Gasteiger partial charge in [0.1, 0.15) is 0 Å². The van der Waals surface area contributed by atoms with Crippen molar-refractivity contribution >= 4 is 0 Å². The molecular formula is C34H52. The molecule has 9 rings (SSSR count). The van der Waals surface area contributed by atoms with E-state index in [1.54, 1.807) is 0 Å². The molecule has 0 N–H and O–H groups in total. The highest BCUT2D eigenvalue weighted by molar-refractivity contribution is 5.66. The molecule has 0 aliphatic heterocycles. The zero-order valence-corrected chi connectivity index (χ0v) is 25.1. The third-order valence-electron chi connectivity index (χ3n) is 23.0. The second-order valence-corrected chi connectivity index (χ2v) is 18.7. The Balaban J connectivity index is 1.53. The third kappa shape index (κ3) is 0.777. The van der Waals surface area contributed by atoms with Crippen molar-refractivity contribution in [1.82, 2.24) is 0 Å². The number of hydrogen-bond donors (Lipinski definition) is 0. The van der Waals surface area contributed by atoms with E-state index in [0.717, 1.165) is 29.6 Å². The highest BCUT2D eigenvalue weighted by Gasteiger charge is 3.21. The molecule has 1 spiro atoms. The maximum atomic E-state index is 2.92. The first-order valence-electron chi connectivity index (χ1n) is 15.2. The van der Waals surface area contributed by atoms with Crippen molar-refractivity contribution in [3.8, 4) is 0 Å². The van der Waals surface area contributed by atoms with Crippen LogP contribution in [0.4, 0.5) is 0 Å². The number of hydrogen-bond acceptors (Lipinski definition) is 0. The van der Waals surface area contributed by atoms with Crippen LogP contribution in [0.1, 0.15) is 110 Å². The minimum Gasteiger partial charge on any atom is -0.0617 e. The molecule has 0 nitrogen and oxygen atoms in total. The quantitative estimate of drug-likeness (QED) is 0.339. The number of fused-ring (bicyclic) bond motifs is 7. The van der Waals surface area contributed by atoms with Gasteiger partial charge in [0.05, 0.1) is 0 Å². The zero-order valence-electron chi connectivity index (χ0n) is 25.1. The summed E-state index contributed by atoms with van der Waals surface area (Å²) in [6.45, 7) is 42.5. The fraction of sp³-hybridized carbons (Fsp3) is 1.00. The van der Waals surface area contributed by atoms with Crippen LogP contribution in [-0.2, 0) is 0 Å². The molecule has 34 heavy (non-hydrogen) atoms. The molecule has 0 aromatic carbocycles. The van der Waals surface area contributed by atoms with Gasteiger partial charge < -0.3 is 0 Å². The Morgan fingerprint density at radius 3 is 1.44 bits per heavy atom. The molecule has 4 bridgehead atoms. The lowest BCUT2D eigenvalue weighted by Crippen LogP contribution is -3.09. The van der Waals surface area contributed by atoms with Gasteiger partial charge in [0.15, 0.2) is 0 Å². The summed E-state index contributed by atoms with van der Waals surface area (Å²) in [6.07, 6.45) is 1.53. The summed E-state index contributed by atoms with van der Waals surface area (Å²) >= 11 is 0. The van der Waals surface area contributed by atoms with E-state index in [1.165, 1.54) is 6.42 Å². The van der Waals surface area contributed by atoms with Crippen LogP contribution in [0.5, 0.6) is 0 Å². The SMILES string of the molecule is CC1C2CC3C4C(C)C56C3(C)C(C)(C)C5(C)C4(C)C3(C)C4(C)C5(C)C1(C)C2(C)C5(C)C4(C)C36C. The van der Waals surface area contributed by atoms with Gasteiger partial charge in [-0.3, -0.25) is 0 Å². The van der Waals surface area contributed by atoms with Gasteiger partial charge in [0.2, 0.25) is 0 Å². The normalized spacial score (nSPS) is 88.5. The molecule has 9 aliphatic carbocycles. The van der Waals surface area contributed by atoms with E-state index in [9.17, 15) is 0 Å². The standard InChI is InChI=1S/C34H52/c1-17-19-16-20-21-18(2)34-24(20,6)22(3,4)27(34,9)26(21,8)30(12)31(13)28(10)23(17,5)25(19,7)29(28,11)32(31,14)33(30,34)15/h17-21H,16H2,1-15H3. The Morgan fingerprint density at radius 1 is 0.412 bits per heavy atom. The van der Waals surface area contributed by atoms with Crippen molar-refractivity contribution in [3.63, 3.8) is 0 Å². The van der Waals surface area contributed by atoms with Crippen LogP contribution in [0, 0.1) is 100.0 Å². The van der Waals surface area contributed by atoms with Crippen molar-refractivity contribution in [3.05, 3.63) is 0 Å². The highest BCUT2D eigenvalue weighted by atomic mass is 15.2. The van der Waals surface area contributed by atoms with Crippen LogP contribution in [-0.4, -0.2) is 0 Å². The predicted octanol–water partition coefficient (Wildman–Crippen LogP) is 8.70. The molecule has 17 atom stereocenters. The van der Waals surface area contributed by atoms with Crippen LogP contribution in [0.2, 0.25) is 0 Å². The highest BCUT2D eigenvalue weighted by Crippen LogP contribution is 3.24. The van der Waals surface area contributed by atoms with Gasteiger partial charge in [0.25, 0.3) is 0 Å². The molecule has 0 aromatic rings. The van der Waals surface area contributed by atoms with E-state index in [1.807, 2.05) is 0 Å². The van der Waals surface area contributed by atoms with Crippen LogP contribution in [0.25, 0.3) is 0 Å². The molecular weight excluding hydrogens is 408 g/mol. The van der Waals surface area contributed by atoms with Crippen molar-refractivity contribution in [1.29, 1.82) is 0 Å². The van der Waals surface area contributed by atoms with E-state index < -0.39 is 0 Å². The van der Waals surface area contributed by atoms with Gasteiger partial charge >= 0.3 is 0 Å². The summed E-state index contributed by atoms with van der Waals surface area (Å²) in [7, 11) is 0. The summed E-state index contributed by atoms with van der Waals surface area (Å²) in [5.74, 6) is 4.51. The van der Waals surface area contributed by atoms with E-state index in [4.69, 9.17) is 0 Å². The second kappa shape index (κ2) is 3.82. The largest absolute Gasteiger partial charge is 0.0617 e. The van der Waals surface area contributed by atoms with Crippen LogP contribution in [0.15, 0.2) is 0 Å². The molecule has 0 amide bonds. The molecule has 0 radical (unpaired) electrons. The first kappa shape index (κ1) is 21.0. The molecule has 0 heteroatoms. The Labute approximate surface area is 210 Å². The Morgan fingerprint density at radius 2 is 0.882 bits per heavy atom. The number of rotatable bonds is 0. The molecule has 0 heterocycles. The minimum atomic E-state index is 0.415. The maximum absolute atomic E-state index is 2.92. The fourth-order valence-corrected chi connectivity index (χ4v) is 22.6. The lowest BCUT2D eigenvalue weighted by molar-refractivity contribution is -0.667. The van der Waals surface area contributed by atoms with Gasteiger partial charge in [-0.2, -0.15) is 0 Å². The molecule has 9 fully saturated rings. The average molecular weight is 461 g/mol. The smallest absolute Gasteiger partial charge is 0.00772 e. The second-order valence-electron chi connectivity index (χ2n) is 18.7. The van der Waals surface area contributed by atoms with Gasteiger partial charge in [0, 0.05) is 0 Å². The average Bonchev–Trinajstić information content (AvgIpc) is 3.10. The molecule has 188 valence electrons. The summed E-state index contributed by atoms with van der Waals surface area (Å²) in [5, 5.41) is 0. The maximum Gasteiger partial charge on any atom is -0.00772 e. The lowest BCUT2D eigenvalue weighted by atomic mass is 8.90. The van der Waals surface area contributed by atoms with Gasteiger partial charge in [-0.25, -0.2) is 0 Å². The van der Waals surface area contributed by atoms with Gasteiger partial charge in [-0.05, 0) is 106 Å². The van der Waals surface area contributed by atoms with Crippen molar-refractivity contribution in [2.45, 2.75) is 110 Å². The van der Waals surface area contributed by atoms with Crippen molar-refractivity contribution in [2.24, 2.45) is 100.0 Å². The summed E-state index contributed by atoms with van der Waals surface area (Å²) in [4.78, 5) is 0. The van der Waals surface area contributed by atoms with E-state index in [2.05, 4.69) is 104 Å². The molecule has 17 unspecified atom stereocenters. The van der Waals surface area contributed by atoms with Crippen molar-refractivity contribution < 1.29 is 0 Å².